The summed E-state index contributed by atoms with van der Waals surface area (Å²) in [6.45, 7) is 10.6. The van der Waals surface area contributed by atoms with Gasteiger partial charge in [0.2, 0.25) is 0 Å². The van der Waals surface area contributed by atoms with Gasteiger partial charge >= 0.3 is 0 Å². The Labute approximate surface area is 123 Å². The van der Waals surface area contributed by atoms with Gasteiger partial charge in [0.05, 0.1) is 13.2 Å². The Morgan fingerprint density at radius 3 is 2.80 bits per heavy atom. The van der Waals surface area contributed by atoms with E-state index in [9.17, 15) is 0 Å². The minimum Gasteiger partial charge on any atom is -0.385 e. The van der Waals surface area contributed by atoms with E-state index >= 15 is 0 Å². The molecular weight excluding hydrogens is 266 g/mol. The third kappa shape index (κ3) is 4.28. The second kappa shape index (κ2) is 8.37. The van der Waals surface area contributed by atoms with E-state index in [0.29, 0.717) is 0 Å². The fourth-order valence-corrected chi connectivity index (χ4v) is 5.11. The normalized spacial score (nSPS) is 16.5. The molecule has 3 nitrogen and oxygen atoms in total. The van der Waals surface area contributed by atoms with Crippen LogP contribution < -0.4 is 5.19 Å². The molecule has 0 saturated carbocycles. The zero-order chi connectivity index (χ0) is 14.2. The van der Waals surface area contributed by atoms with Crippen LogP contribution in [0.25, 0.3) is 6.08 Å². The van der Waals surface area contributed by atoms with E-state index in [2.05, 4.69) is 42.7 Å². The van der Waals surface area contributed by atoms with E-state index in [1.807, 2.05) is 6.08 Å². The van der Waals surface area contributed by atoms with Gasteiger partial charge in [-0.15, -0.1) is 0 Å². The zero-order valence-corrected chi connectivity index (χ0v) is 13.3. The molecule has 0 aromatic heterocycles. The maximum Gasteiger partial charge on any atom is 0.132 e. The zero-order valence-electron chi connectivity index (χ0n) is 12.3. The summed E-state index contributed by atoms with van der Waals surface area (Å²) in [4.78, 5) is 2.51. The quantitative estimate of drug-likeness (QED) is 0.710. The molecule has 0 unspecified atom stereocenters. The van der Waals surface area contributed by atoms with Crippen molar-refractivity contribution in [2.24, 2.45) is 0 Å². The highest BCUT2D eigenvalue weighted by molar-refractivity contribution is 6.74. The SMILES string of the molecule is C=Cc1ccccc1[Si](COCC)CN1CCOCC1. The molecular formula is C16H24NO2Si. The first-order chi connectivity index (χ1) is 9.85. The van der Waals surface area contributed by atoms with Gasteiger partial charge in [-0.3, -0.25) is 0 Å². The second-order valence-electron chi connectivity index (χ2n) is 4.92. The van der Waals surface area contributed by atoms with Crippen molar-refractivity contribution < 1.29 is 9.47 Å². The highest BCUT2D eigenvalue weighted by atomic mass is 28.3. The highest BCUT2D eigenvalue weighted by Crippen LogP contribution is 2.04. The molecule has 1 heterocycles. The molecule has 1 aliphatic rings. The summed E-state index contributed by atoms with van der Waals surface area (Å²) in [6, 6.07) is 8.59. The lowest BCUT2D eigenvalue weighted by molar-refractivity contribution is 0.0454. The molecule has 2 rings (SSSR count). The van der Waals surface area contributed by atoms with Gasteiger partial charge in [0.15, 0.2) is 0 Å². The van der Waals surface area contributed by atoms with Gasteiger partial charge in [0.1, 0.15) is 8.80 Å². The Kier molecular flexibility index (Phi) is 6.46. The van der Waals surface area contributed by atoms with E-state index in [1.54, 1.807) is 0 Å². The van der Waals surface area contributed by atoms with Crippen LogP contribution in [0.4, 0.5) is 0 Å². The molecule has 0 N–H and O–H groups in total. The number of benzene rings is 1. The van der Waals surface area contributed by atoms with Gasteiger partial charge in [-0.2, -0.15) is 0 Å². The Balaban J connectivity index is 2.10. The van der Waals surface area contributed by atoms with E-state index in [4.69, 9.17) is 9.47 Å². The first-order valence-corrected chi connectivity index (χ1v) is 9.21. The van der Waals surface area contributed by atoms with Gasteiger partial charge in [-0.1, -0.05) is 42.1 Å². The van der Waals surface area contributed by atoms with Crippen LogP contribution in [0.3, 0.4) is 0 Å². The van der Waals surface area contributed by atoms with Gasteiger partial charge in [0.25, 0.3) is 0 Å². The van der Waals surface area contributed by atoms with E-state index in [-0.39, 0.29) is 0 Å². The fraction of sp³-hybridized carbons (Fsp3) is 0.500. The number of hydrogen-bond acceptors (Lipinski definition) is 3. The molecule has 1 aromatic carbocycles. The molecule has 0 atom stereocenters. The second-order valence-corrected chi connectivity index (χ2v) is 7.27. The van der Waals surface area contributed by atoms with Gasteiger partial charge in [-0.05, 0) is 18.7 Å². The van der Waals surface area contributed by atoms with Crippen molar-refractivity contribution in [1.29, 1.82) is 0 Å². The van der Waals surface area contributed by atoms with E-state index in [0.717, 1.165) is 45.3 Å². The monoisotopic (exact) mass is 290 g/mol. The Morgan fingerprint density at radius 2 is 2.10 bits per heavy atom. The van der Waals surface area contributed by atoms with Crippen molar-refractivity contribution in [3.8, 4) is 0 Å². The summed E-state index contributed by atoms with van der Waals surface area (Å²) in [5.41, 5.74) is 1.26. The van der Waals surface area contributed by atoms with Crippen molar-refractivity contribution in [1.82, 2.24) is 4.90 Å². The van der Waals surface area contributed by atoms with Crippen LogP contribution in [0.15, 0.2) is 30.8 Å². The summed E-state index contributed by atoms with van der Waals surface area (Å²) >= 11 is 0. The number of nitrogens with zero attached hydrogens (tertiary/aromatic N) is 1. The molecule has 1 saturated heterocycles. The highest BCUT2D eigenvalue weighted by Gasteiger charge is 2.21. The minimum absolute atomic E-state index is 0.749. The van der Waals surface area contributed by atoms with Crippen molar-refractivity contribution >= 4 is 20.1 Å². The molecule has 0 aliphatic carbocycles. The molecule has 1 fully saturated rings. The maximum atomic E-state index is 5.74. The van der Waals surface area contributed by atoms with Crippen molar-refractivity contribution in [3.63, 3.8) is 0 Å². The molecule has 1 aromatic rings. The average molecular weight is 290 g/mol. The van der Waals surface area contributed by atoms with Crippen LogP contribution in [0.2, 0.25) is 0 Å². The number of rotatable bonds is 7. The first-order valence-electron chi connectivity index (χ1n) is 7.29. The number of morpholine rings is 1. The predicted octanol–water partition coefficient (Wildman–Crippen LogP) is 1.48. The van der Waals surface area contributed by atoms with Crippen LogP contribution in [0, 0.1) is 0 Å². The molecule has 0 bridgehead atoms. The maximum absolute atomic E-state index is 5.74. The topological polar surface area (TPSA) is 21.7 Å². The standard InChI is InChI=1S/C16H24NO2Si/c1-3-15-7-5-6-8-16(15)20(14-18-4-2)13-17-9-11-19-12-10-17/h3,5-8H,1,4,9-14H2,2H3. The van der Waals surface area contributed by atoms with E-state index < -0.39 is 8.80 Å². The van der Waals surface area contributed by atoms with Crippen molar-refractivity contribution in [2.75, 3.05) is 45.3 Å². The van der Waals surface area contributed by atoms with Crippen molar-refractivity contribution in [3.05, 3.63) is 36.4 Å². The van der Waals surface area contributed by atoms with E-state index in [1.165, 1.54) is 10.8 Å². The molecule has 4 heteroatoms. The van der Waals surface area contributed by atoms with Crippen LogP contribution in [-0.2, 0) is 9.47 Å². The Hall–Kier alpha value is -0.943. The molecule has 0 spiro atoms. The lowest BCUT2D eigenvalue weighted by Crippen LogP contribution is -2.50. The molecule has 20 heavy (non-hydrogen) atoms. The summed E-state index contributed by atoms with van der Waals surface area (Å²) < 4.78 is 11.2. The van der Waals surface area contributed by atoms with Gasteiger partial charge in [-0.25, -0.2) is 0 Å². The molecule has 1 aliphatic heterocycles. The lowest BCUT2D eigenvalue weighted by Gasteiger charge is -2.30. The van der Waals surface area contributed by atoms with Crippen LogP contribution in [-0.4, -0.2) is 59.0 Å². The molecule has 109 valence electrons. The molecule has 0 amide bonds. The number of ether oxygens (including phenoxy) is 2. The Bertz CT molecular complexity index is 419. The summed E-state index contributed by atoms with van der Waals surface area (Å²) in [5, 5.41) is 1.44. The number of hydrogen-bond donors (Lipinski definition) is 0. The smallest absolute Gasteiger partial charge is 0.132 e. The van der Waals surface area contributed by atoms with Crippen LogP contribution in [0.5, 0.6) is 0 Å². The lowest BCUT2D eigenvalue weighted by atomic mass is 10.2. The largest absolute Gasteiger partial charge is 0.385 e. The van der Waals surface area contributed by atoms with Crippen LogP contribution >= 0.6 is 0 Å². The molecule has 1 radical (unpaired) electrons. The van der Waals surface area contributed by atoms with Crippen molar-refractivity contribution in [2.45, 2.75) is 6.92 Å². The first kappa shape index (κ1) is 15.4. The summed E-state index contributed by atoms with van der Waals surface area (Å²) in [7, 11) is -0.749. The minimum atomic E-state index is -0.749. The Morgan fingerprint density at radius 1 is 1.35 bits per heavy atom. The summed E-state index contributed by atoms with van der Waals surface area (Å²) in [5.74, 6) is 0. The summed E-state index contributed by atoms with van der Waals surface area (Å²) in [6.07, 6.45) is 3.95. The van der Waals surface area contributed by atoms with Gasteiger partial charge < -0.3 is 14.4 Å². The van der Waals surface area contributed by atoms with Gasteiger partial charge in [0, 0.05) is 25.9 Å². The average Bonchev–Trinajstić information content (AvgIpc) is 2.52. The van der Waals surface area contributed by atoms with Crippen LogP contribution in [0.1, 0.15) is 12.5 Å². The predicted molar refractivity (Wildman–Crippen MR) is 85.7 cm³/mol. The third-order valence-electron chi connectivity index (χ3n) is 3.56. The third-order valence-corrected chi connectivity index (χ3v) is 6.16. The fourth-order valence-electron chi connectivity index (χ4n) is 2.46.